The number of hydrogen-bond donors (Lipinski definition) is 2. The van der Waals surface area contributed by atoms with E-state index in [2.05, 4.69) is 5.32 Å². The quantitative estimate of drug-likeness (QED) is 0.785. The third-order valence-corrected chi connectivity index (χ3v) is 2.59. The lowest BCUT2D eigenvalue weighted by molar-refractivity contribution is -0.144. The average molecular weight is 259 g/mol. The smallest absolute Gasteiger partial charge is 0.408 e. The molecule has 6 nitrogen and oxygen atoms in total. The fraction of sp³-hybridized carbons (Fsp3) is 0.833. The van der Waals surface area contributed by atoms with Gasteiger partial charge in [-0.25, -0.2) is 9.59 Å². The first kappa shape index (κ1) is 14.8. The molecule has 0 unspecified atom stereocenters. The molecule has 0 aromatic carbocycles. The van der Waals surface area contributed by atoms with Crippen molar-refractivity contribution in [1.29, 1.82) is 0 Å². The Morgan fingerprint density at radius 2 is 1.89 bits per heavy atom. The summed E-state index contributed by atoms with van der Waals surface area (Å²) in [5, 5.41) is 11.7. The molecule has 1 aliphatic heterocycles. The minimum absolute atomic E-state index is 0.0609. The molecule has 0 spiro atoms. The standard InChI is InChI=1S/C12H21NO5/c1-10(2,3)18-9(16)13-12(8(14)15)6-11(4,5)17-7-12/h6-7H2,1-5H3,(H,13,16)(H,14,15)/t12-/m0/s1. The van der Waals surface area contributed by atoms with Crippen LogP contribution in [0.1, 0.15) is 41.0 Å². The Kier molecular flexibility index (Phi) is 3.63. The summed E-state index contributed by atoms with van der Waals surface area (Å²) in [6.07, 6.45) is -0.541. The number of carboxylic acids is 1. The fourth-order valence-corrected chi connectivity index (χ4v) is 1.92. The van der Waals surface area contributed by atoms with Crippen LogP contribution < -0.4 is 5.32 Å². The maximum Gasteiger partial charge on any atom is 0.408 e. The molecule has 104 valence electrons. The number of rotatable bonds is 2. The zero-order valence-electron chi connectivity index (χ0n) is 11.5. The molecule has 0 aromatic rings. The van der Waals surface area contributed by atoms with Crippen LogP contribution >= 0.6 is 0 Å². The molecule has 1 rings (SSSR count). The van der Waals surface area contributed by atoms with E-state index in [0.717, 1.165) is 0 Å². The number of nitrogens with one attached hydrogen (secondary N) is 1. The summed E-state index contributed by atoms with van der Waals surface area (Å²) in [6, 6.07) is 0. The van der Waals surface area contributed by atoms with Crippen LogP contribution in [0, 0.1) is 0 Å². The predicted octanol–water partition coefficient (Wildman–Crippen LogP) is 1.53. The fourth-order valence-electron chi connectivity index (χ4n) is 1.92. The van der Waals surface area contributed by atoms with E-state index < -0.39 is 28.8 Å². The van der Waals surface area contributed by atoms with Gasteiger partial charge in [-0.15, -0.1) is 0 Å². The van der Waals surface area contributed by atoms with Gasteiger partial charge in [0.25, 0.3) is 0 Å². The van der Waals surface area contributed by atoms with Crippen molar-refractivity contribution < 1.29 is 24.2 Å². The molecule has 1 saturated heterocycles. The molecular formula is C12H21NO5. The highest BCUT2D eigenvalue weighted by Gasteiger charge is 2.51. The Morgan fingerprint density at radius 3 is 2.22 bits per heavy atom. The van der Waals surface area contributed by atoms with Crippen LogP contribution in [0.15, 0.2) is 0 Å². The second kappa shape index (κ2) is 4.42. The summed E-state index contributed by atoms with van der Waals surface area (Å²) < 4.78 is 10.5. The molecule has 0 saturated carbocycles. The number of alkyl carbamates (subject to hydrolysis) is 1. The number of ether oxygens (including phenoxy) is 2. The number of carboxylic acid groups (broad SMARTS) is 1. The third-order valence-electron chi connectivity index (χ3n) is 2.59. The van der Waals surface area contributed by atoms with Crippen LogP contribution in [0.4, 0.5) is 4.79 Å². The van der Waals surface area contributed by atoms with Crippen LogP contribution in [0.25, 0.3) is 0 Å². The first-order chi connectivity index (χ1) is 7.96. The Balaban J connectivity index is 2.78. The van der Waals surface area contributed by atoms with E-state index >= 15 is 0 Å². The Labute approximate surface area is 107 Å². The van der Waals surface area contributed by atoms with E-state index in [0.29, 0.717) is 0 Å². The van der Waals surface area contributed by atoms with Gasteiger partial charge in [0.05, 0.1) is 12.2 Å². The molecular weight excluding hydrogens is 238 g/mol. The molecule has 1 amide bonds. The van der Waals surface area contributed by atoms with Gasteiger partial charge in [-0.05, 0) is 34.6 Å². The van der Waals surface area contributed by atoms with Crippen molar-refractivity contribution in [3.8, 4) is 0 Å². The van der Waals surface area contributed by atoms with Crippen molar-refractivity contribution in [3.63, 3.8) is 0 Å². The topological polar surface area (TPSA) is 84.9 Å². The highest BCUT2D eigenvalue weighted by Crippen LogP contribution is 2.33. The lowest BCUT2D eigenvalue weighted by Gasteiger charge is -2.27. The van der Waals surface area contributed by atoms with E-state index in [1.54, 1.807) is 34.6 Å². The highest BCUT2D eigenvalue weighted by atomic mass is 16.6. The van der Waals surface area contributed by atoms with Crippen LogP contribution in [0.5, 0.6) is 0 Å². The lowest BCUT2D eigenvalue weighted by atomic mass is 9.90. The van der Waals surface area contributed by atoms with Gasteiger partial charge in [0.2, 0.25) is 0 Å². The van der Waals surface area contributed by atoms with E-state index in [1.807, 2.05) is 0 Å². The maximum atomic E-state index is 11.7. The molecule has 6 heteroatoms. The van der Waals surface area contributed by atoms with Gasteiger partial charge >= 0.3 is 12.1 Å². The normalized spacial score (nSPS) is 26.7. The number of aliphatic carboxylic acids is 1. The number of carbonyl (C=O) groups is 2. The van der Waals surface area contributed by atoms with Crippen LogP contribution in [0.2, 0.25) is 0 Å². The summed E-state index contributed by atoms with van der Waals surface area (Å²) in [7, 11) is 0. The molecule has 1 heterocycles. The molecule has 0 aromatic heterocycles. The predicted molar refractivity (Wildman–Crippen MR) is 64.4 cm³/mol. The van der Waals surface area contributed by atoms with Gasteiger partial charge in [-0.2, -0.15) is 0 Å². The first-order valence-electron chi connectivity index (χ1n) is 5.84. The van der Waals surface area contributed by atoms with Crippen molar-refractivity contribution in [3.05, 3.63) is 0 Å². The van der Waals surface area contributed by atoms with Crippen LogP contribution in [-0.2, 0) is 14.3 Å². The highest BCUT2D eigenvalue weighted by molar-refractivity contribution is 5.85. The molecule has 0 bridgehead atoms. The van der Waals surface area contributed by atoms with Gasteiger partial charge in [-0.1, -0.05) is 0 Å². The van der Waals surface area contributed by atoms with Gasteiger partial charge < -0.3 is 19.9 Å². The van der Waals surface area contributed by atoms with Crippen LogP contribution in [0.3, 0.4) is 0 Å². The van der Waals surface area contributed by atoms with Crippen molar-refractivity contribution in [2.75, 3.05) is 6.61 Å². The second-order valence-corrected chi connectivity index (χ2v) is 6.24. The molecule has 1 atom stereocenters. The van der Waals surface area contributed by atoms with Crippen molar-refractivity contribution in [2.24, 2.45) is 0 Å². The van der Waals surface area contributed by atoms with Crippen molar-refractivity contribution in [2.45, 2.75) is 57.8 Å². The SMILES string of the molecule is CC(C)(C)OC(=O)N[C@]1(C(=O)O)COC(C)(C)C1. The zero-order valence-corrected chi connectivity index (χ0v) is 11.5. The molecule has 18 heavy (non-hydrogen) atoms. The third kappa shape index (κ3) is 3.60. The Hall–Kier alpha value is -1.30. The molecule has 0 radical (unpaired) electrons. The van der Waals surface area contributed by atoms with Crippen LogP contribution in [-0.4, -0.2) is 40.5 Å². The summed E-state index contributed by atoms with van der Waals surface area (Å²) in [5.74, 6) is -1.11. The van der Waals surface area contributed by atoms with E-state index in [1.165, 1.54) is 0 Å². The minimum Gasteiger partial charge on any atom is -0.479 e. The Bertz CT molecular complexity index is 358. The molecule has 1 fully saturated rings. The largest absolute Gasteiger partial charge is 0.479 e. The average Bonchev–Trinajstić information content (AvgIpc) is 2.39. The van der Waals surface area contributed by atoms with Gasteiger partial charge in [0.1, 0.15) is 5.60 Å². The van der Waals surface area contributed by atoms with Gasteiger partial charge in [-0.3, -0.25) is 0 Å². The monoisotopic (exact) mass is 259 g/mol. The second-order valence-electron chi connectivity index (χ2n) is 6.24. The molecule has 2 N–H and O–H groups in total. The molecule has 0 aliphatic carbocycles. The number of carbonyl (C=O) groups excluding carboxylic acids is 1. The van der Waals surface area contributed by atoms with Gasteiger partial charge in [0.15, 0.2) is 5.54 Å². The summed E-state index contributed by atoms with van der Waals surface area (Å²) >= 11 is 0. The van der Waals surface area contributed by atoms with E-state index in [4.69, 9.17) is 9.47 Å². The minimum atomic E-state index is -1.41. The summed E-state index contributed by atoms with van der Waals surface area (Å²) in [5.41, 5.74) is -2.65. The summed E-state index contributed by atoms with van der Waals surface area (Å²) in [4.78, 5) is 23.0. The maximum absolute atomic E-state index is 11.7. The zero-order chi connectivity index (χ0) is 14.2. The first-order valence-corrected chi connectivity index (χ1v) is 5.84. The Morgan fingerprint density at radius 1 is 1.33 bits per heavy atom. The number of amides is 1. The molecule has 1 aliphatic rings. The van der Waals surface area contributed by atoms with Crippen molar-refractivity contribution in [1.82, 2.24) is 5.32 Å². The lowest BCUT2D eigenvalue weighted by Crippen LogP contribution is -2.56. The van der Waals surface area contributed by atoms with Crippen molar-refractivity contribution >= 4 is 12.1 Å². The summed E-state index contributed by atoms with van der Waals surface area (Å²) in [6.45, 7) is 8.66. The van der Waals surface area contributed by atoms with E-state index in [9.17, 15) is 14.7 Å². The number of hydrogen-bond acceptors (Lipinski definition) is 4. The van der Waals surface area contributed by atoms with Gasteiger partial charge in [0, 0.05) is 6.42 Å². The van der Waals surface area contributed by atoms with E-state index in [-0.39, 0.29) is 13.0 Å².